The molecule has 1 aromatic carbocycles. The molecular formula is C11H13N3O3S. The third kappa shape index (κ3) is 2.98. The van der Waals surface area contributed by atoms with E-state index in [-0.39, 0.29) is 0 Å². The highest BCUT2D eigenvalue weighted by Gasteiger charge is 2.23. The van der Waals surface area contributed by atoms with Crippen molar-refractivity contribution in [2.45, 2.75) is 0 Å². The summed E-state index contributed by atoms with van der Waals surface area (Å²) in [6.07, 6.45) is 0. The van der Waals surface area contributed by atoms with Gasteiger partial charge in [-0.15, -0.1) is 0 Å². The number of ether oxygens (including phenoxy) is 1. The zero-order chi connectivity index (χ0) is 13.0. The molecule has 1 aliphatic rings. The lowest BCUT2D eigenvalue weighted by molar-refractivity contribution is 0.0733. The van der Waals surface area contributed by atoms with Crippen molar-refractivity contribution in [2.24, 2.45) is 0 Å². The molecule has 0 unspecified atom stereocenters. The maximum absolute atomic E-state index is 12.0. The first-order valence-corrected chi connectivity index (χ1v) is 6.91. The molecule has 96 valence electrons. The van der Waals surface area contributed by atoms with E-state index in [1.54, 1.807) is 24.3 Å². The summed E-state index contributed by atoms with van der Waals surface area (Å²) in [4.78, 5) is 0. The van der Waals surface area contributed by atoms with Crippen LogP contribution < -0.4 is 4.72 Å². The van der Waals surface area contributed by atoms with Crippen LogP contribution in [0.15, 0.2) is 24.3 Å². The van der Waals surface area contributed by atoms with E-state index in [0.717, 1.165) is 0 Å². The van der Waals surface area contributed by atoms with E-state index in [4.69, 9.17) is 10.00 Å². The Hall–Kier alpha value is -1.62. The first-order valence-electron chi connectivity index (χ1n) is 5.47. The van der Waals surface area contributed by atoms with Crippen molar-refractivity contribution < 1.29 is 13.2 Å². The average molecular weight is 267 g/mol. The predicted octanol–water partition coefficient (Wildman–Crippen LogP) is 0.547. The van der Waals surface area contributed by atoms with Gasteiger partial charge in [-0.05, 0) is 24.3 Å². The largest absolute Gasteiger partial charge is 0.379 e. The van der Waals surface area contributed by atoms with Crippen LogP contribution in [0.1, 0.15) is 5.56 Å². The Morgan fingerprint density at radius 3 is 2.39 bits per heavy atom. The minimum Gasteiger partial charge on any atom is -0.379 e. The van der Waals surface area contributed by atoms with Crippen LogP contribution in [-0.4, -0.2) is 39.0 Å². The fraction of sp³-hybridized carbons (Fsp3) is 0.364. The van der Waals surface area contributed by atoms with E-state index in [2.05, 4.69) is 4.72 Å². The third-order valence-corrected chi connectivity index (χ3v) is 4.11. The molecule has 2 rings (SSSR count). The molecular weight excluding hydrogens is 254 g/mol. The maximum Gasteiger partial charge on any atom is 0.301 e. The second-order valence-corrected chi connectivity index (χ2v) is 5.48. The third-order valence-electron chi connectivity index (χ3n) is 2.57. The van der Waals surface area contributed by atoms with E-state index >= 15 is 0 Å². The van der Waals surface area contributed by atoms with Gasteiger partial charge >= 0.3 is 10.2 Å². The number of morpholine rings is 1. The Morgan fingerprint density at radius 2 is 1.83 bits per heavy atom. The van der Waals surface area contributed by atoms with Crippen LogP contribution in [0.2, 0.25) is 0 Å². The zero-order valence-corrected chi connectivity index (χ0v) is 10.5. The topological polar surface area (TPSA) is 82.4 Å². The van der Waals surface area contributed by atoms with Gasteiger partial charge in [-0.2, -0.15) is 18.0 Å². The summed E-state index contributed by atoms with van der Waals surface area (Å²) in [5.74, 6) is 0. The molecule has 0 atom stereocenters. The summed E-state index contributed by atoms with van der Waals surface area (Å²) in [5, 5.41) is 8.65. The summed E-state index contributed by atoms with van der Waals surface area (Å²) in [5.41, 5.74) is 0.935. The smallest absolute Gasteiger partial charge is 0.301 e. The fourth-order valence-electron chi connectivity index (χ4n) is 1.61. The molecule has 1 aliphatic heterocycles. The van der Waals surface area contributed by atoms with Crippen LogP contribution in [0.25, 0.3) is 0 Å². The Bertz CT molecular complexity index is 542. The van der Waals surface area contributed by atoms with E-state index < -0.39 is 10.2 Å². The second-order valence-electron chi connectivity index (χ2n) is 3.81. The lowest BCUT2D eigenvalue weighted by Gasteiger charge is -2.26. The van der Waals surface area contributed by atoms with Gasteiger partial charge in [0.1, 0.15) is 0 Å². The van der Waals surface area contributed by atoms with Crippen LogP contribution >= 0.6 is 0 Å². The highest BCUT2D eigenvalue weighted by molar-refractivity contribution is 7.90. The monoisotopic (exact) mass is 267 g/mol. The van der Waals surface area contributed by atoms with Gasteiger partial charge in [0.05, 0.1) is 24.8 Å². The predicted molar refractivity (Wildman–Crippen MR) is 66.1 cm³/mol. The van der Waals surface area contributed by atoms with Crippen molar-refractivity contribution in [3.05, 3.63) is 29.8 Å². The first kappa shape index (κ1) is 12.8. The van der Waals surface area contributed by atoms with Gasteiger partial charge in [-0.1, -0.05) is 0 Å². The molecule has 1 N–H and O–H groups in total. The standard InChI is InChI=1S/C11H13N3O3S/c12-9-10-1-3-11(4-2-10)13-18(15,16)14-5-7-17-8-6-14/h1-4,13H,5-8H2. The second kappa shape index (κ2) is 5.35. The van der Waals surface area contributed by atoms with Gasteiger partial charge in [-0.3, -0.25) is 4.72 Å². The number of hydrogen-bond acceptors (Lipinski definition) is 4. The highest BCUT2D eigenvalue weighted by Crippen LogP contribution is 2.13. The zero-order valence-electron chi connectivity index (χ0n) is 9.67. The van der Waals surface area contributed by atoms with Gasteiger partial charge in [0, 0.05) is 18.8 Å². The fourth-order valence-corrected chi connectivity index (χ4v) is 2.81. The Kier molecular flexibility index (Phi) is 3.81. The maximum atomic E-state index is 12.0. The molecule has 1 saturated heterocycles. The van der Waals surface area contributed by atoms with Gasteiger partial charge in [-0.25, -0.2) is 0 Å². The minimum absolute atomic E-state index is 0.353. The molecule has 0 saturated carbocycles. The molecule has 0 bridgehead atoms. The lowest BCUT2D eigenvalue weighted by atomic mass is 10.2. The van der Waals surface area contributed by atoms with E-state index in [0.29, 0.717) is 37.6 Å². The van der Waals surface area contributed by atoms with Crippen LogP contribution in [0.4, 0.5) is 5.69 Å². The highest BCUT2D eigenvalue weighted by atomic mass is 32.2. The minimum atomic E-state index is -3.54. The van der Waals surface area contributed by atoms with Crippen molar-refractivity contribution in [1.82, 2.24) is 4.31 Å². The van der Waals surface area contributed by atoms with Gasteiger partial charge in [0.2, 0.25) is 0 Å². The number of nitrogens with zero attached hydrogens (tertiary/aromatic N) is 2. The number of rotatable bonds is 3. The normalized spacial score (nSPS) is 17.1. The van der Waals surface area contributed by atoms with Gasteiger partial charge in [0.25, 0.3) is 0 Å². The van der Waals surface area contributed by atoms with Gasteiger partial charge < -0.3 is 4.74 Å². The van der Waals surface area contributed by atoms with Crippen molar-refractivity contribution in [1.29, 1.82) is 5.26 Å². The van der Waals surface area contributed by atoms with E-state index in [1.165, 1.54) is 4.31 Å². The van der Waals surface area contributed by atoms with Crippen molar-refractivity contribution in [3.63, 3.8) is 0 Å². The molecule has 0 radical (unpaired) electrons. The summed E-state index contributed by atoms with van der Waals surface area (Å²) in [7, 11) is -3.54. The quantitative estimate of drug-likeness (QED) is 0.866. The Morgan fingerprint density at radius 1 is 1.22 bits per heavy atom. The molecule has 0 aliphatic carbocycles. The van der Waals surface area contributed by atoms with Crippen molar-refractivity contribution in [2.75, 3.05) is 31.0 Å². The van der Waals surface area contributed by atoms with Crippen LogP contribution in [-0.2, 0) is 14.9 Å². The number of anilines is 1. The first-order chi connectivity index (χ1) is 8.62. The van der Waals surface area contributed by atoms with Crippen molar-refractivity contribution >= 4 is 15.9 Å². The molecule has 18 heavy (non-hydrogen) atoms. The molecule has 0 spiro atoms. The molecule has 6 nitrogen and oxygen atoms in total. The summed E-state index contributed by atoms with van der Waals surface area (Å²) in [6.45, 7) is 1.53. The van der Waals surface area contributed by atoms with Gasteiger partial charge in [0.15, 0.2) is 0 Å². The summed E-state index contributed by atoms with van der Waals surface area (Å²) >= 11 is 0. The molecule has 1 fully saturated rings. The molecule has 1 aromatic rings. The van der Waals surface area contributed by atoms with Crippen LogP contribution in [0.3, 0.4) is 0 Å². The summed E-state index contributed by atoms with van der Waals surface area (Å²) in [6, 6.07) is 8.24. The number of nitriles is 1. The number of benzene rings is 1. The van der Waals surface area contributed by atoms with E-state index in [1.807, 2.05) is 6.07 Å². The number of hydrogen-bond donors (Lipinski definition) is 1. The molecule has 7 heteroatoms. The SMILES string of the molecule is N#Cc1ccc(NS(=O)(=O)N2CCOCC2)cc1. The van der Waals surface area contributed by atoms with Crippen molar-refractivity contribution in [3.8, 4) is 6.07 Å². The molecule has 0 amide bonds. The van der Waals surface area contributed by atoms with E-state index in [9.17, 15) is 8.42 Å². The van der Waals surface area contributed by atoms with Crippen LogP contribution in [0, 0.1) is 11.3 Å². The molecule has 1 heterocycles. The van der Waals surface area contributed by atoms with Crippen LogP contribution in [0.5, 0.6) is 0 Å². The lowest BCUT2D eigenvalue weighted by Crippen LogP contribution is -2.43. The molecule has 0 aromatic heterocycles. The number of nitrogens with one attached hydrogen (secondary N) is 1. The Labute approximate surface area is 106 Å². The summed E-state index contributed by atoms with van der Waals surface area (Å²) < 4.78 is 32.9. The average Bonchev–Trinajstić information content (AvgIpc) is 2.40. The Balaban J connectivity index is 2.09.